The van der Waals surface area contributed by atoms with Crippen LogP contribution in [0.2, 0.25) is 0 Å². The molecule has 0 bridgehead atoms. The van der Waals surface area contributed by atoms with E-state index >= 15 is 0 Å². The van der Waals surface area contributed by atoms with Gasteiger partial charge in [-0.25, -0.2) is 4.98 Å². The Hall–Kier alpha value is -2.86. The van der Waals surface area contributed by atoms with Crippen molar-refractivity contribution < 1.29 is 13.6 Å². The molecule has 0 N–H and O–H groups in total. The third kappa shape index (κ3) is 4.19. The average Bonchev–Trinajstić information content (AvgIpc) is 3.53. The molecule has 5 rings (SSSR count). The standard InChI is InChI=1S/C24H27N3O3/c28-24(22-10-9-19(29-22)16-26-13-4-5-14-26)27-15-12-21-20(17-27)25-23(30-21)11-8-18-6-2-1-3-7-18/h1-3,6-7,9-10H,4-5,8,11-17H2. The van der Waals surface area contributed by atoms with Crippen molar-refractivity contribution in [2.75, 3.05) is 19.6 Å². The number of likely N-dealkylation sites (tertiary alicyclic amines) is 1. The summed E-state index contributed by atoms with van der Waals surface area (Å²) in [5, 5.41) is 0. The van der Waals surface area contributed by atoms with Gasteiger partial charge in [0.25, 0.3) is 5.91 Å². The molecule has 2 aliphatic heterocycles. The van der Waals surface area contributed by atoms with Crippen LogP contribution in [0.15, 0.2) is 51.3 Å². The van der Waals surface area contributed by atoms with E-state index in [-0.39, 0.29) is 5.91 Å². The number of fused-ring (bicyclic) bond motifs is 1. The molecule has 1 amide bonds. The van der Waals surface area contributed by atoms with Crippen LogP contribution in [0.3, 0.4) is 0 Å². The molecule has 1 aromatic carbocycles. The SMILES string of the molecule is O=C(c1ccc(CN2CCCC2)o1)N1CCc2oc(CCc3ccccc3)nc2C1. The van der Waals surface area contributed by atoms with Gasteiger partial charge in [-0.1, -0.05) is 30.3 Å². The predicted octanol–water partition coefficient (Wildman–Crippen LogP) is 3.85. The Kier molecular flexibility index (Phi) is 5.41. The van der Waals surface area contributed by atoms with Gasteiger partial charge in [-0.15, -0.1) is 0 Å². The second-order valence-electron chi connectivity index (χ2n) is 8.19. The first-order chi connectivity index (χ1) is 14.7. The number of benzene rings is 1. The fourth-order valence-electron chi connectivity index (χ4n) is 4.32. The Morgan fingerprint density at radius 3 is 2.63 bits per heavy atom. The molecule has 2 aliphatic rings. The third-order valence-corrected chi connectivity index (χ3v) is 5.98. The molecule has 0 atom stereocenters. The molecule has 0 aliphatic carbocycles. The molecular weight excluding hydrogens is 378 g/mol. The van der Waals surface area contributed by atoms with Gasteiger partial charge in [-0.2, -0.15) is 0 Å². The van der Waals surface area contributed by atoms with Crippen molar-refractivity contribution in [1.29, 1.82) is 0 Å². The first-order valence-electron chi connectivity index (χ1n) is 10.9. The highest BCUT2D eigenvalue weighted by atomic mass is 16.4. The van der Waals surface area contributed by atoms with Gasteiger partial charge in [0, 0.05) is 19.4 Å². The molecule has 1 saturated heterocycles. The molecule has 6 heteroatoms. The largest absolute Gasteiger partial charge is 0.455 e. The lowest BCUT2D eigenvalue weighted by Gasteiger charge is -2.24. The maximum absolute atomic E-state index is 12.9. The van der Waals surface area contributed by atoms with Gasteiger partial charge in [0.2, 0.25) is 0 Å². The van der Waals surface area contributed by atoms with E-state index in [4.69, 9.17) is 8.83 Å². The number of aryl methyl sites for hydroxylation is 2. The molecule has 0 unspecified atom stereocenters. The van der Waals surface area contributed by atoms with Crippen LogP contribution in [0, 0.1) is 0 Å². The number of carbonyl (C=O) groups is 1. The van der Waals surface area contributed by atoms with E-state index in [0.29, 0.717) is 25.3 Å². The molecule has 4 heterocycles. The smallest absolute Gasteiger partial charge is 0.289 e. The lowest BCUT2D eigenvalue weighted by molar-refractivity contribution is 0.0692. The molecule has 0 radical (unpaired) electrons. The van der Waals surface area contributed by atoms with E-state index in [1.165, 1.54) is 18.4 Å². The quantitative estimate of drug-likeness (QED) is 0.623. The normalized spacial score (nSPS) is 16.7. The van der Waals surface area contributed by atoms with Gasteiger partial charge < -0.3 is 13.7 Å². The molecule has 3 aromatic rings. The molecule has 0 saturated carbocycles. The number of oxazole rings is 1. The monoisotopic (exact) mass is 405 g/mol. The minimum atomic E-state index is -0.0674. The van der Waals surface area contributed by atoms with E-state index in [9.17, 15) is 4.79 Å². The summed E-state index contributed by atoms with van der Waals surface area (Å²) in [5.41, 5.74) is 2.15. The number of furan rings is 1. The van der Waals surface area contributed by atoms with Gasteiger partial charge >= 0.3 is 0 Å². The fourth-order valence-corrected chi connectivity index (χ4v) is 4.32. The number of amides is 1. The number of hydrogen-bond donors (Lipinski definition) is 0. The highest BCUT2D eigenvalue weighted by molar-refractivity contribution is 5.91. The van der Waals surface area contributed by atoms with Crippen LogP contribution in [0.1, 0.15) is 52.1 Å². The van der Waals surface area contributed by atoms with Gasteiger partial charge in [-0.05, 0) is 50.0 Å². The van der Waals surface area contributed by atoms with Gasteiger partial charge in [0.15, 0.2) is 11.7 Å². The minimum absolute atomic E-state index is 0.0674. The number of hydrogen-bond acceptors (Lipinski definition) is 5. The Bertz CT molecular complexity index is 1000. The molecule has 0 spiro atoms. The second-order valence-corrected chi connectivity index (χ2v) is 8.19. The topological polar surface area (TPSA) is 62.7 Å². The number of carbonyl (C=O) groups excluding carboxylic acids is 1. The van der Waals surface area contributed by atoms with Crippen molar-refractivity contribution in [3.8, 4) is 0 Å². The number of nitrogens with zero attached hydrogens (tertiary/aromatic N) is 3. The highest BCUT2D eigenvalue weighted by Gasteiger charge is 2.28. The third-order valence-electron chi connectivity index (χ3n) is 5.98. The summed E-state index contributed by atoms with van der Waals surface area (Å²) in [6.07, 6.45) is 4.85. The Labute approximate surface area is 176 Å². The van der Waals surface area contributed by atoms with E-state index < -0.39 is 0 Å². The van der Waals surface area contributed by atoms with Crippen LogP contribution in [0.25, 0.3) is 0 Å². The summed E-state index contributed by atoms with van der Waals surface area (Å²) in [6.45, 7) is 4.10. The molecule has 156 valence electrons. The first kappa shape index (κ1) is 19.1. The first-order valence-corrected chi connectivity index (χ1v) is 10.9. The fraction of sp³-hybridized carbons (Fsp3) is 0.417. The predicted molar refractivity (Wildman–Crippen MR) is 112 cm³/mol. The summed E-state index contributed by atoms with van der Waals surface area (Å²) >= 11 is 0. The summed E-state index contributed by atoms with van der Waals surface area (Å²) in [6, 6.07) is 14.1. The van der Waals surface area contributed by atoms with Crippen molar-refractivity contribution in [2.24, 2.45) is 0 Å². The molecular formula is C24H27N3O3. The average molecular weight is 405 g/mol. The van der Waals surface area contributed by atoms with Crippen LogP contribution < -0.4 is 0 Å². The summed E-state index contributed by atoms with van der Waals surface area (Å²) in [7, 11) is 0. The van der Waals surface area contributed by atoms with Gasteiger partial charge in [0.1, 0.15) is 17.2 Å². The van der Waals surface area contributed by atoms with Gasteiger partial charge in [-0.3, -0.25) is 9.69 Å². The Morgan fingerprint density at radius 1 is 0.967 bits per heavy atom. The summed E-state index contributed by atoms with van der Waals surface area (Å²) < 4.78 is 11.8. The van der Waals surface area contributed by atoms with E-state index in [1.807, 2.05) is 29.2 Å². The van der Waals surface area contributed by atoms with Gasteiger partial charge in [0.05, 0.1) is 13.1 Å². The van der Waals surface area contributed by atoms with Crippen LogP contribution in [0.5, 0.6) is 0 Å². The van der Waals surface area contributed by atoms with Crippen LogP contribution in [-0.2, 0) is 32.4 Å². The van der Waals surface area contributed by atoms with E-state index in [1.54, 1.807) is 6.07 Å². The minimum Gasteiger partial charge on any atom is -0.455 e. The summed E-state index contributed by atoms with van der Waals surface area (Å²) in [5.74, 6) is 2.88. The highest BCUT2D eigenvalue weighted by Crippen LogP contribution is 2.23. The maximum Gasteiger partial charge on any atom is 0.289 e. The number of rotatable bonds is 6. The molecule has 30 heavy (non-hydrogen) atoms. The van der Waals surface area contributed by atoms with Crippen molar-refractivity contribution >= 4 is 5.91 Å². The lowest BCUT2D eigenvalue weighted by atomic mass is 10.1. The zero-order valence-corrected chi connectivity index (χ0v) is 17.2. The lowest BCUT2D eigenvalue weighted by Crippen LogP contribution is -2.35. The maximum atomic E-state index is 12.9. The van der Waals surface area contributed by atoms with Crippen molar-refractivity contribution in [3.63, 3.8) is 0 Å². The molecule has 6 nitrogen and oxygen atoms in total. The second kappa shape index (κ2) is 8.48. The Morgan fingerprint density at radius 2 is 1.80 bits per heavy atom. The molecule has 1 fully saturated rings. The van der Waals surface area contributed by atoms with Crippen molar-refractivity contribution in [2.45, 2.75) is 45.2 Å². The zero-order chi connectivity index (χ0) is 20.3. The van der Waals surface area contributed by atoms with E-state index in [0.717, 1.165) is 55.6 Å². The van der Waals surface area contributed by atoms with Crippen LogP contribution in [-0.4, -0.2) is 40.3 Å². The van der Waals surface area contributed by atoms with E-state index in [2.05, 4.69) is 22.0 Å². The molecule has 2 aromatic heterocycles. The zero-order valence-electron chi connectivity index (χ0n) is 17.2. The number of aromatic nitrogens is 1. The van der Waals surface area contributed by atoms with Crippen LogP contribution in [0.4, 0.5) is 0 Å². The van der Waals surface area contributed by atoms with Crippen LogP contribution >= 0.6 is 0 Å². The Balaban J connectivity index is 1.20. The summed E-state index contributed by atoms with van der Waals surface area (Å²) in [4.78, 5) is 21.8. The van der Waals surface area contributed by atoms with Crippen molar-refractivity contribution in [3.05, 3.63) is 76.9 Å². The van der Waals surface area contributed by atoms with Crippen molar-refractivity contribution in [1.82, 2.24) is 14.8 Å².